The van der Waals surface area contributed by atoms with E-state index in [9.17, 15) is 14.0 Å². The van der Waals surface area contributed by atoms with Gasteiger partial charge in [-0.25, -0.2) is 4.39 Å². The predicted octanol–water partition coefficient (Wildman–Crippen LogP) is 5.93. The standard InChI is InChI=1S/C35H36FN3O6/c1-39(21-22-12-15-29(42-2)31(18-22)44-4)16-7-17-45-24-13-14-28(30(20-24)43-3)37-32(40)19-23-8-5-9-25-33(23)38-34-26(35(25)41)10-6-11-27(34)36/h5-6,8-15,18,20H,7,16-17,19,21H2,1-4H3,(H,37,40)(H,38,41). The summed E-state index contributed by atoms with van der Waals surface area (Å²) >= 11 is 0. The molecular formula is C35H36FN3O6. The molecule has 0 unspecified atom stereocenters. The zero-order valence-corrected chi connectivity index (χ0v) is 25.7. The number of carbonyl (C=O) groups excluding carboxylic acids is 1. The minimum Gasteiger partial charge on any atom is -0.494 e. The molecule has 5 rings (SSSR count). The number of fused-ring (bicyclic) bond motifs is 2. The molecule has 1 aromatic heterocycles. The average Bonchev–Trinajstić information content (AvgIpc) is 3.04. The van der Waals surface area contributed by atoms with Crippen LogP contribution in [0.25, 0.3) is 21.8 Å². The normalized spacial score (nSPS) is 11.2. The predicted molar refractivity (Wildman–Crippen MR) is 173 cm³/mol. The zero-order valence-electron chi connectivity index (χ0n) is 25.7. The summed E-state index contributed by atoms with van der Waals surface area (Å²) in [5, 5.41) is 3.53. The number of H-pyrrole nitrogens is 1. The number of aromatic amines is 1. The molecule has 1 amide bonds. The van der Waals surface area contributed by atoms with E-state index in [4.69, 9.17) is 18.9 Å². The summed E-state index contributed by atoms with van der Waals surface area (Å²) in [6.07, 6.45) is 0.766. The fourth-order valence-electron chi connectivity index (χ4n) is 5.32. The summed E-state index contributed by atoms with van der Waals surface area (Å²) in [7, 11) is 6.81. The van der Waals surface area contributed by atoms with Crippen molar-refractivity contribution in [2.24, 2.45) is 0 Å². The van der Waals surface area contributed by atoms with Crippen LogP contribution in [-0.2, 0) is 17.8 Å². The van der Waals surface area contributed by atoms with Crippen LogP contribution in [0.2, 0.25) is 0 Å². The number of carbonyl (C=O) groups is 1. The van der Waals surface area contributed by atoms with Gasteiger partial charge in [0.1, 0.15) is 17.3 Å². The number of hydrogen-bond acceptors (Lipinski definition) is 7. The van der Waals surface area contributed by atoms with Crippen molar-refractivity contribution < 1.29 is 28.1 Å². The largest absolute Gasteiger partial charge is 0.494 e. The highest BCUT2D eigenvalue weighted by Crippen LogP contribution is 2.30. The molecule has 0 saturated heterocycles. The summed E-state index contributed by atoms with van der Waals surface area (Å²) < 4.78 is 36.7. The van der Waals surface area contributed by atoms with E-state index in [0.717, 1.165) is 25.1 Å². The van der Waals surface area contributed by atoms with Crippen molar-refractivity contribution in [2.75, 3.05) is 46.8 Å². The number of aromatic nitrogens is 1. The maximum atomic E-state index is 14.5. The maximum absolute atomic E-state index is 14.5. The lowest BCUT2D eigenvalue weighted by molar-refractivity contribution is -0.115. The van der Waals surface area contributed by atoms with Gasteiger partial charge in [-0.2, -0.15) is 0 Å². The molecule has 1 heterocycles. The number of benzene rings is 4. The molecule has 4 aromatic carbocycles. The van der Waals surface area contributed by atoms with E-state index < -0.39 is 5.82 Å². The molecule has 5 aromatic rings. The van der Waals surface area contributed by atoms with Gasteiger partial charge in [0.2, 0.25) is 5.91 Å². The number of anilines is 1. The van der Waals surface area contributed by atoms with E-state index in [1.54, 1.807) is 56.7 Å². The Balaban J connectivity index is 1.18. The first kappa shape index (κ1) is 31.3. The molecule has 234 valence electrons. The number of rotatable bonds is 13. The molecule has 45 heavy (non-hydrogen) atoms. The molecule has 0 spiro atoms. The van der Waals surface area contributed by atoms with Gasteiger partial charge in [0.05, 0.1) is 51.1 Å². The highest BCUT2D eigenvalue weighted by Gasteiger charge is 2.15. The monoisotopic (exact) mass is 613 g/mol. The van der Waals surface area contributed by atoms with Crippen LogP contribution in [0.5, 0.6) is 23.0 Å². The Hall–Kier alpha value is -5.09. The maximum Gasteiger partial charge on any atom is 0.228 e. The second kappa shape index (κ2) is 14.1. The number of methoxy groups -OCH3 is 3. The molecule has 0 aliphatic carbocycles. The van der Waals surface area contributed by atoms with Crippen LogP contribution in [0.4, 0.5) is 10.1 Å². The second-order valence-corrected chi connectivity index (χ2v) is 10.7. The Bertz CT molecular complexity index is 1890. The van der Waals surface area contributed by atoms with Crippen molar-refractivity contribution in [3.05, 3.63) is 100.0 Å². The third-order valence-corrected chi connectivity index (χ3v) is 7.56. The lowest BCUT2D eigenvalue weighted by atomic mass is 10.0. The van der Waals surface area contributed by atoms with Crippen LogP contribution in [0.1, 0.15) is 17.5 Å². The quantitative estimate of drug-likeness (QED) is 0.125. The summed E-state index contributed by atoms with van der Waals surface area (Å²) in [6, 6.07) is 20.6. The minimum absolute atomic E-state index is 0.0362. The smallest absolute Gasteiger partial charge is 0.228 e. The van der Waals surface area contributed by atoms with Crippen LogP contribution < -0.4 is 29.7 Å². The Morgan fingerprint density at radius 3 is 2.36 bits per heavy atom. The Labute approximate surface area is 260 Å². The third-order valence-electron chi connectivity index (χ3n) is 7.56. The summed E-state index contributed by atoms with van der Waals surface area (Å²) in [5.41, 5.74) is 2.43. The van der Waals surface area contributed by atoms with Crippen LogP contribution in [0.15, 0.2) is 77.6 Å². The van der Waals surface area contributed by atoms with E-state index >= 15 is 0 Å². The number of nitrogens with zero attached hydrogens (tertiary/aromatic N) is 1. The van der Waals surface area contributed by atoms with Gasteiger partial charge >= 0.3 is 0 Å². The lowest BCUT2D eigenvalue weighted by Gasteiger charge is -2.18. The molecular weight excluding hydrogens is 577 g/mol. The first-order chi connectivity index (χ1) is 21.8. The third kappa shape index (κ3) is 7.18. The van der Waals surface area contributed by atoms with E-state index in [2.05, 4.69) is 15.2 Å². The number of halogens is 1. The molecule has 2 N–H and O–H groups in total. The van der Waals surface area contributed by atoms with Gasteiger partial charge in [-0.15, -0.1) is 0 Å². The molecule has 0 aliphatic heterocycles. The van der Waals surface area contributed by atoms with Gasteiger partial charge in [-0.3, -0.25) is 9.59 Å². The number of pyridine rings is 1. The first-order valence-corrected chi connectivity index (χ1v) is 14.5. The molecule has 0 radical (unpaired) electrons. The zero-order chi connectivity index (χ0) is 31.9. The van der Waals surface area contributed by atoms with Crippen molar-refractivity contribution >= 4 is 33.4 Å². The minimum atomic E-state index is -0.528. The van der Waals surface area contributed by atoms with Gasteiger partial charge in [-0.05, 0) is 67.1 Å². The lowest BCUT2D eigenvalue weighted by Crippen LogP contribution is -2.20. The van der Waals surface area contributed by atoms with Gasteiger partial charge < -0.3 is 34.1 Å². The SMILES string of the molecule is COc1cc(OCCCN(C)Cc2ccc(OC)c(OC)c2)ccc1NC(=O)Cc1cccc2c(=O)c3cccc(F)c3[nH]c12. The molecule has 0 atom stereocenters. The van der Waals surface area contributed by atoms with Gasteiger partial charge in [0, 0.05) is 29.9 Å². The molecule has 0 saturated carbocycles. The van der Waals surface area contributed by atoms with Gasteiger partial charge in [0.15, 0.2) is 16.9 Å². The molecule has 10 heteroatoms. The van der Waals surface area contributed by atoms with E-state index in [-0.39, 0.29) is 28.7 Å². The fourth-order valence-corrected chi connectivity index (χ4v) is 5.32. The Morgan fingerprint density at radius 1 is 0.867 bits per heavy atom. The van der Waals surface area contributed by atoms with Crippen molar-refractivity contribution in [3.63, 3.8) is 0 Å². The number of ether oxygens (including phenoxy) is 4. The molecule has 0 bridgehead atoms. The molecule has 9 nitrogen and oxygen atoms in total. The van der Waals surface area contributed by atoms with Crippen molar-refractivity contribution in [1.82, 2.24) is 9.88 Å². The number of hydrogen-bond donors (Lipinski definition) is 2. The Morgan fingerprint density at radius 2 is 1.60 bits per heavy atom. The van der Waals surface area contributed by atoms with E-state index in [0.29, 0.717) is 51.8 Å². The van der Waals surface area contributed by atoms with E-state index in [1.165, 1.54) is 19.2 Å². The van der Waals surface area contributed by atoms with Crippen molar-refractivity contribution in [3.8, 4) is 23.0 Å². The fraction of sp³-hybridized carbons (Fsp3) is 0.257. The van der Waals surface area contributed by atoms with Crippen molar-refractivity contribution in [1.29, 1.82) is 0 Å². The number of nitrogens with one attached hydrogen (secondary N) is 2. The topological polar surface area (TPSA) is 102 Å². The number of amides is 1. The Kier molecular flexibility index (Phi) is 9.84. The number of para-hydroxylation sites is 2. The van der Waals surface area contributed by atoms with Crippen LogP contribution in [-0.4, -0.2) is 57.3 Å². The van der Waals surface area contributed by atoms with Crippen LogP contribution in [0, 0.1) is 5.82 Å². The molecule has 0 aliphatic rings. The summed E-state index contributed by atoms with van der Waals surface area (Å²) in [6.45, 7) is 2.08. The summed E-state index contributed by atoms with van der Waals surface area (Å²) in [4.78, 5) is 31.3. The van der Waals surface area contributed by atoms with Crippen molar-refractivity contribution in [2.45, 2.75) is 19.4 Å². The molecule has 0 fully saturated rings. The average molecular weight is 614 g/mol. The van der Waals surface area contributed by atoms with Crippen LogP contribution in [0.3, 0.4) is 0 Å². The van der Waals surface area contributed by atoms with E-state index in [1.807, 2.05) is 25.2 Å². The van der Waals surface area contributed by atoms with Crippen LogP contribution >= 0.6 is 0 Å². The highest BCUT2D eigenvalue weighted by molar-refractivity contribution is 5.99. The van der Waals surface area contributed by atoms with Gasteiger partial charge in [0.25, 0.3) is 0 Å². The summed E-state index contributed by atoms with van der Waals surface area (Å²) in [5.74, 6) is 1.63. The first-order valence-electron chi connectivity index (χ1n) is 14.5. The second-order valence-electron chi connectivity index (χ2n) is 10.7. The van der Waals surface area contributed by atoms with Gasteiger partial charge in [-0.1, -0.05) is 24.3 Å². The highest BCUT2D eigenvalue weighted by atomic mass is 19.1.